The molecule has 2 heterocycles. The van der Waals surface area contributed by atoms with Crippen molar-refractivity contribution >= 4 is 27.3 Å². The molecule has 0 aromatic carbocycles. The van der Waals surface area contributed by atoms with Gasteiger partial charge >= 0.3 is 0 Å². The van der Waals surface area contributed by atoms with E-state index in [-0.39, 0.29) is 0 Å². The lowest BCUT2D eigenvalue weighted by Gasteiger charge is -2.26. The Morgan fingerprint density at radius 3 is 3.08 bits per heavy atom. The van der Waals surface area contributed by atoms with Gasteiger partial charge in [-0.2, -0.15) is 0 Å². The van der Waals surface area contributed by atoms with E-state index in [1.807, 2.05) is 0 Å². The Hall–Kier alpha value is 0.140. The second-order valence-electron chi connectivity index (χ2n) is 3.32. The van der Waals surface area contributed by atoms with Crippen molar-refractivity contribution in [3.05, 3.63) is 22.4 Å². The molecule has 1 nitrogen and oxygen atoms in total. The molecule has 1 aromatic rings. The molecule has 1 fully saturated rings. The monoisotopic (exact) mass is 260 g/mol. The second-order valence-corrected chi connectivity index (χ2v) is 5.29. The average molecular weight is 261 g/mol. The van der Waals surface area contributed by atoms with Crippen LogP contribution < -0.4 is 0 Å². The summed E-state index contributed by atoms with van der Waals surface area (Å²) in [7, 11) is 0. The third-order valence-electron chi connectivity index (χ3n) is 2.36. The van der Waals surface area contributed by atoms with Crippen LogP contribution in [0.2, 0.25) is 0 Å². The van der Waals surface area contributed by atoms with Crippen LogP contribution in [-0.2, 0) is 4.74 Å². The Bertz CT molecular complexity index is 241. The van der Waals surface area contributed by atoms with Crippen LogP contribution in [-0.4, -0.2) is 12.7 Å². The van der Waals surface area contributed by atoms with Gasteiger partial charge in [-0.25, -0.2) is 0 Å². The maximum atomic E-state index is 5.72. The van der Waals surface area contributed by atoms with E-state index in [2.05, 4.69) is 33.4 Å². The third-order valence-corrected chi connectivity index (χ3v) is 4.70. The number of thiophene rings is 1. The molecule has 0 bridgehead atoms. The van der Waals surface area contributed by atoms with Crippen LogP contribution in [0.4, 0.5) is 0 Å². The summed E-state index contributed by atoms with van der Waals surface area (Å²) in [6, 6.07) is 4.26. The van der Waals surface area contributed by atoms with E-state index < -0.39 is 0 Å². The zero-order valence-corrected chi connectivity index (χ0v) is 9.81. The van der Waals surface area contributed by atoms with Crippen molar-refractivity contribution in [2.24, 2.45) is 0 Å². The van der Waals surface area contributed by atoms with Crippen molar-refractivity contribution in [2.75, 3.05) is 6.61 Å². The molecule has 3 heteroatoms. The number of rotatable bonds is 2. The first-order chi connectivity index (χ1) is 6.38. The Balaban J connectivity index is 1.99. The lowest BCUT2D eigenvalue weighted by molar-refractivity contribution is 0.0165. The molecular weight excluding hydrogens is 248 g/mol. The summed E-state index contributed by atoms with van der Waals surface area (Å²) >= 11 is 5.51. The predicted octanol–water partition coefficient (Wildman–Crippen LogP) is 3.75. The number of halogens is 1. The molecule has 0 radical (unpaired) electrons. The summed E-state index contributed by atoms with van der Waals surface area (Å²) < 4.78 is 5.72. The Labute approximate surface area is 91.2 Å². The molecule has 2 rings (SSSR count). The Kier molecular flexibility index (Phi) is 3.41. The number of hydrogen-bond donors (Lipinski definition) is 0. The quantitative estimate of drug-likeness (QED) is 0.737. The number of ether oxygens (including phenoxy) is 1. The Morgan fingerprint density at radius 1 is 1.54 bits per heavy atom. The summed E-state index contributed by atoms with van der Waals surface area (Å²) in [6.07, 6.45) is 4.10. The molecule has 1 aliphatic rings. The van der Waals surface area contributed by atoms with Crippen LogP contribution in [0, 0.1) is 0 Å². The topological polar surface area (TPSA) is 9.23 Å². The maximum absolute atomic E-state index is 5.72. The molecule has 1 saturated heterocycles. The van der Waals surface area contributed by atoms with E-state index in [4.69, 9.17) is 4.74 Å². The average Bonchev–Trinajstić information content (AvgIpc) is 2.71. The van der Waals surface area contributed by atoms with E-state index in [1.165, 1.54) is 24.1 Å². The molecule has 0 aliphatic carbocycles. The van der Waals surface area contributed by atoms with E-state index in [9.17, 15) is 0 Å². The number of hydrogen-bond acceptors (Lipinski definition) is 2. The minimum absolute atomic E-state index is 0.382. The van der Waals surface area contributed by atoms with Gasteiger partial charge in [0.1, 0.15) is 0 Å². The van der Waals surface area contributed by atoms with Gasteiger partial charge in [-0.05, 0) is 30.7 Å². The molecular formula is C10H13BrOS. The molecule has 1 aliphatic heterocycles. The first kappa shape index (κ1) is 9.69. The Morgan fingerprint density at radius 2 is 2.46 bits per heavy atom. The van der Waals surface area contributed by atoms with Crippen molar-refractivity contribution in [3.63, 3.8) is 0 Å². The van der Waals surface area contributed by atoms with E-state index in [1.54, 1.807) is 11.3 Å². The highest BCUT2D eigenvalue weighted by molar-refractivity contribution is 9.09. The molecule has 0 N–H and O–H groups in total. The highest BCUT2D eigenvalue weighted by atomic mass is 79.9. The van der Waals surface area contributed by atoms with Gasteiger partial charge in [-0.1, -0.05) is 22.0 Å². The van der Waals surface area contributed by atoms with Crippen molar-refractivity contribution in [1.29, 1.82) is 0 Å². The highest BCUT2D eigenvalue weighted by Crippen LogP contribution is 2.35. The van der Waals surface area contributed by atoms with Crippen LogP contribution in [0.25, 0.3) is 0 Å². The first-order valence-electron chi connectivity index (χ1n) is 4.67. The minimum atomic E-state index is 0.382. The fourth-order valence-corrected chi connectivity index (χ4v) is 3.27. The van der Waals surface area contributed by atoms with Crippen molar-refractivity contribution in [2.45, 2.75) is 30.2 Å². The van der Waals surface area contributed by atoms with Gasteiger partial charge in [0.05, 0.1) is 10.9 Å². The van der Waals surface area contributed by atoms with Gasteiger partial charge in [-0.15, -0.1) is 11.3 Å². The molecule has 13 heavy (non-hydrogen) atoms. The lowest BCUT2D eigenvalue weighted by atomic mass is 10.1. The largest absolute Gasteiger partial charge is 0.377 e. The molecule has 2 atom stereocenters. The molecule has 0 amide bonds. The van der Waals surface area contributed by atoms with Crippen molar-refractivity contribution in [1.82, 2.24) is 0 Å². The number of alkyl halides is 1. The first-order valence-corrected chi connectivity index (χ1v) is 6.46. The minimum Gasteiger partial charge on any atom is -0.377 e. The van der Waals surface area contributed by atoms with Crippen molar-refractivity contribution in [3.8, 4) is 0 Å². The van der Waals surface area contributed by atoms with Crippen LogP contribution in [0.3, 0.4) is 0 Å². The van der Waals surface area contributed by atoms with E-state index >= 15 is 0 Å². The summed E-state index contributed by atoms with van der Waals surface area (Å²) in [6.45, 7) is 0.929. The van der Waals surface area contributed by atoms with Gasteiger partial charge in [-0.3, -0.25) is 0 Å². The standard InChI is InChI=1S/C10H13BrOS/c11-10(9-5-3-7-13-9)8-4-1-2-6-12-8/h3,5,7-8,10H,1-2,4,6H2. The van der Waals surface area contributed by atoms with Crippen LogP contribution in [0.1, 0.15) is 29.0 Å². The summed E-state index contributed by atoms with van der Waals surface area (Å²) in [5.41, 5.74) is 0. The van der Waals surface area contributed by atoms with Gasteiger partial charge in [0, 0.05) is 11.5 Å². The summed E-state index contributed by atoms with van der Waals surface area (Å²) in [4.78, 5) is 1.78. The van der Waals surface area contributed by atoms with Gasteiger partial charge in [0.2, 0.25) is 0 Å². The smallest absolute Gasteiger partial charge is 0.0750 e. The summed E-state index contributed by atoms with van der Waals surface area (Å²) in [5, 5.41) is 2.12. The zero-order chi connectivity index (χ0) is 9.10. The molecule has 72 valence electrons. The molecule has 0 saturated carbocycles. The van der Waals surface area contributed by atoms with Crippen molar-refractivity contribution < 1.29 is 4.74 Å². The fraction of sp³-hybridized carbons (Fsp3) is 0.600. The van der Waals surface area contributed by atoms with Crippen LogP contribution >= 0.6 is 27.3 Å². The van der Waals surface area contributed by atoms with E-state index in [0.29, 0.717) is 10.9 Å². The van der Waals surface area contributed by atoms with Gasteiger partial charge < -0.3 is 4.74 Å². The predicted molar refractivity (Wildman–Crippen MR) is 59.6 cm³/mol. The maximum Gasteiger partial charge on any atom is 0.0750 e. The van der Waals surface area contributed by atoms with Gasteiger partial charge in [0.15, 0.2) is 0 Å². The van der Waals surface area contributed by atoms with Gasteiger partial charge in [0.25, 0.3) is 0 Å². The SMILES string of the molecule is BrC(c1cccs1)C1CCCCO1. The highest BCUT2D eigenvalue weighted by Gasteiger charge is 2.23. The zero-order valence-electron chi connectivity index (χ0n) is 7.41. The normalized spacial score (nSPS) is 25.8. The molecule has 0 spiro atoms. The van der Waals surface area contributed by atoms with Crippen LogP contribution in [0.5, 0.6) is 0 Å². The lowest BCUT2D eigenvalue weighted by Crippen LogP contribution is -2.22. The summed E-state index contributed by atoms with van der Waals surface area (Å²) in [5.74, 6) is 0. The molecule has 2 unspecified atom stereocenters. The third kappa shape index (κ3) is 2.33. The van der Waals surface area contributed by atoms with Crippen LogP contribution in [0.15, 0.2) is 17.5 Å². The molecule has 1 aromatic heterocycles. The van der Waals surface area contributed by atoms with E-state index in [0.717, 1.165) is 6.61 Å². The second kappa shape index (κ2) is 4.58. The fourth-order valence-electron chi connectivity index (χ4n) is 1.63.